The first kappa shape index (κ1) is 14.5. The molecule has 1 atom stereocenters. The van der Waals surface area contributed by atoms with Crippen molar-refractivity contribution in [3.05, 3.63) is 49.8 Å². The van der Waals surface area contributed by atoms with E-state index in [0.717, 1.165) is 0 Å². The van der Waals surface area contributed by atoms with Crippen molar-refractivity contribution in [2.75, 3.05) is 0 Å². The topological polar surface area (TPSA) is 26.3 Å². The highest BCUT2D eigenvalue weighted by molar-refractivity contribution is 9.10. The molecule has 0 aliphatic rings. The molecular formula is C13H9BrClFO2S. The first-order valence-electron chi connectivity index (χ1n) is 5.38. The van der Waals surface area contributed by atoms with Crippen LogP contribution in [-0.4, -0.2) is 11.9 Å². The number of hydrogen-bond donors (Lipinski definition) is 0. The molecule has 100 valence electrons. The summed E-state index contributed by atoms with van der Waals surface area (Å²) in [6.45, 7) is 1.58. The van der Waals surface area contributed by atoms with Crippen LogP contribution in [0.25, 0.3) is 0 Å². The van der Waals surface area contributed by atoms with Gasteiger partial charge in [-0.2, -0.15) is 0 Å². The van der Waals surface area contributed by atoms with Crippen molar-refractivity contribution in [3.8, 4) is 5.75 Å². The van der Waals surface area contributed by atoms with Gasteiger partial charge in [0.15, 0.2) is 17.7 Å². The quantitative estimate of drug-likeness (QED) is 0.718. The molecule has 1 aromatic carbocycles. The molecule has 0 saturated heterocycles. The second kappa shape index (κ2) is 6.03. The van der Waals surface area contributed by atoms with E-state index in [0.29, 0.717) is 13.7 Å². The minimum Gasteiger partial charge on any atom is -0.479 e. The fourth-order valence-electron chi connectivity index (χ4n) is 1.46. The molecule has 0 bridgehead atoms. The molecule has 19 heavy (non-hydrogen) atoms. The maximum atomic E-state index is 13.6. The normalized spacial score (nSPS) is 12.2. The zero-order valence-electron chi connectivity index (χ0n) is 9.82. The summed E-state index contributed by atoms with van der Waals surface area (Å²) in [5.41, 5.74) is 0. The van der Waals surface area contributed by atoms with Crippen molar-refractivity contribution in [2.45, 2.75) is 13.0 Å². The van der Waals surface area contributed by atoms with Gasteiger partial charge in [-0.3, -0.25) is 4.79 Å². The lowest BCUT2D eigenvalue weighted by atomic mass is 10.2. The molecule has 1 heterocycles. The fraction of sp³-hybridized carbons (Fsp3) is 0.154. The predicted molar refractivity (Wildman–Crippen MR) is 77.8 cm³/mol. The Balaban J connectivity index is 2.12. The van der Waals surface area contributed by atoms with E-state index >= 15 is 0 Å². The molecular weight excluding hydrogens is 355 g/mol. The van der Waals surface area contributed by atoms with Crippen LogP contribution in [0, 0.1) is 5.82 Å². The Labute approximate surface area is 127 Å². The molecule has 0 aliphatic carbocycles. The van der Waals surface area contributed by atoms with Gasteiger partial charge in [0.1, 0.15) is 0 Å². The summed E-state index contributed by atoms with van der Waals surface area (Å²) in [5.74, 6) is -0.691. The molecule has 0 N–H and O–H groups in total. The predicted octanol–water partition coefficient (Wildman–Crippen LogP) is 4.95. The Kier molecular flexibility index (Phi) is 4.60. The average Bonchev–Trinajstić information content (AvgIpc) is 2.78. The van der Waals surface area contributed by atoms with Gasteiger partial charge in [0, 0.05) is 4.47 Å². The summed E-state index contributed by atoms with van der Waals surface area (Å²) in [7, 11) is 0. The van der Waals surface area contributed by atoms with Gasteiger partial charge in [0.25, 0.3) is 0 Å². The van der Waals surface area contributed by atoms with E-state index in [-0.39, 0.29) is 11.5 Å². The minimum absolute atomic E-state index is 0.0479. The molecule has 2 rings (SSSR count). The smallest absolute Gasteiger partial charge is 0.212 e. The van der Waals surface area contributed by atoms with Gasteiger partial charge < -0.3 is 4.74 Å². The summed E-state index contributed by atoms with van der Waals surface area (Å²) in [6.07, 6.45) is -0.773. The number of rotatable bonds is 4. The van der Waals surface area contributed by atoms with Gasteiger partial charge in [0.2, 0.25) is 5.78 Å². The third-order valence-corrected chi connectivity index (χ3v) is 4.12. The van der Waals surface area contributed by atoms with E-state index in [2.05, 4.69) is 15.9 Å². The lowest BCUT2D eigenvalue weighted by Gasteiger charge is -2.13. The number of hydrogen-bond acceptors (Lipinski definition) is 3. The van der Waals surface area contributed by atoms with Crippen LogP contribution in [0.2, 0.25) is 4.34 Å². The Bertz CT molecular complexity index is 614. The van der Waals surface area contributed by atoms with E-state index in [1.807, 2.05) is 0 Å². The lowest BCUT2D eigenvalue weighted by Crippen LogP contribution is -2.23. The zero-order chi connectivity index (χ0) is 14.0. The van der Waals surface area contributed by atoms with E-state index in [1.54, 1.807) is 25.1 Å². The maximum absolute atomic E-state index is 13.6. The molecule has 2 aromatic rings. The van der Waals surface area contributed by atoms with E-state index in [1.165, 1.54) is 23.5 Å². The van der Waals surface area contributed by atoms with E-state index < -0.39 is 11.9 Å². The zero-order valence-corrected chi connectivity index (χ0v) is 13.0. The number of carbonyl (C=O) groups excluding carboxylic acids is 1. The van der Waals surface area contributed by atoms with Gasteiger partial charge in [0.05, 0.1) is 9.21 Å². The van der Waals surface area contributed by atoms with Crippen molar-refractivity contribution >= 4 is 44.7 Å². The minimum atomic E-state index is -0.773. The van der Waals surface area contributed by atoms with Crippen LogP contribution in [0.15, 0.2) is 34.8 Å². The molecule has 2 nitrogen and oxygen atoms in total. The standard InChI is InChI=1S/C13H9BrClFO2S/c1-7(13(17)11-4-5-12(15)19-11)18-10-3-2-8(14)6-9(10)16/h2-7H,1H3. The van der Waals surface area contributed by atoms with Gasteiger partial charge in [-0.05, 0) is 37.3 Å². The van der Waals surface area contributed by atoms with Crippen LogP contribution in [-0.2, 0) is 0 Å². The Morgan fingerprint density at radius 1 is 1.42 bits per heavy atom. The van der Waals surface area contributed by atoms with Crippen LogP contribution in [0.3, 0.4) is 0 Å². The van der Waals surface area contributed by atoms with E-state index in [9.17, 15) is 9.18 Å². The molecule has 1 aromatic heterocycles. The highest BCUT2D eigenvalue weighted by Crippen LogP contribution is 2.26. The first-order valence-corrected chi connectivity index (χ1v) is 7.37. The van der Waals surface area contributed by atoms with Crippen molar-refractivity contribution in [2.24, 2.45) is 0 Å². The Hall–Kier alpha value is -0.910. The van der Waals surface area contributed by atoms with Crippen molar-refractivity contribution < 1.29 is 13.9 Å². The number of halogens is 3. The number of benzene rings is 1. The van der Waals surface area contributed by atoms with Crippen LogP contribution in [0.1, 0.15) is 16.6 Å². The monoisotopic (exact) mass is 362 g/mol. The number of Topliss-reactive ketones (excluding diaryl/α,β-unsaturated/α-hetero) is 1. The number of carbonyl (C=O) groups is 1. The van der Waals surface area contributed by atoms with Crippen LogP contribution in [0.4, 0.5) is 4.39 Å². The first-order chi connectivity index (χ1) is 8.97. The molecule has 6 heteroatoms. The molecule has 0 fully saturated rings. The molecule has 0 radical (unpaired) electrons. The number of ether oxygens (including phenoxy) is 1. The van der Waals surface area contributed by atoms with Crippen molar-refractivity contribution in [1.82, 2.24) is 0 Å². The fourth-order valence-corrected chi connectivity index (χ4v) is 2.86. The van der Waals surface area contributed by atoms with Crippen LogP contribution >= 0.6 is 38.9 Å². The third kappa shape index (κ3) is 3.55. The van der Waals surface area contributed by atoms with Gasteiger partial charge in [-0.25, -0.2) is 4.39 Å². The summed E-state index contributed by atoms with van der Waals surface area (Å²) < 4.78 is 20.1. The molecule has 0 aliphatic heterocycles. The van der Waals surface area contributed by atoms with Crippen LogP contribution in [0.5, 0.6) is 5.75 Å². The van der Waals surface area contributed by atoms with Gasteiger partial charge in [-0.1, -0.05) is 27.5 Å². The van der Waals surface area contributed by atoms with Gasteiger partial charge >= 0.3 is 0 Å². The third-order valence-electron chi connectivity index (χ3n) is 2.38. The summed E-state index contributed by atoms with van der Waals surface area (Å²) in [5, 5.41) is 0. The number of ketones is 1. The Morgan fingerprint density at radius 3 is 2.74 bits per heavy atom. The SMILES string of the molecule is CC(Oc1ccc(Br)cc1F)C(=O)c1ccc(Cl)s1. The molecule has 0 saturated carbocycles. The van der Waals surface area contributed by atoms with Crippen molar-refractivity contribution in [3.63, 3.8) is 0 Å². The molecule has 0 amide bonds. The summed E-state index contributed by atoms with van der Waals surface area (Å²) in [6, 6.07) is 7.69. The largest absolute Gasteiger partial charge is 0.479 e. The number of thiophene rings is 1. The van der Waals surface area contributed by atoms with Crippen molar-refractivity contribution in [1.29, 1.82) is 0 Å². The second-order valence-electron chi connectivity index (χ2n) is 3.80. The highest BCUT2D eigenvalue weighted by atomic mass is 79.9. The lowest BCUT2D eigenvalue weighted by molar-refractivity contribution is 0.0816. The summed E-state index contributed by atoms with van der Waals surface area (Å²) in [4.78, 5) is 12.5. The van der Waals surface area contributed by atoms with Crippen LogP contribution < -0.4 is 4.74 Å². The van der Waals surface area contributed by atoms with Gasteiger partial charge in [-0.15, -0.1) is 11.3 Å². The highest BCUT2D eigenvalue weighted by Gasteiger charge is 2.20. The molecule has 0 spiro atoms. The van der Waals surface area contributed by atoms with E-state index in [4.69, 9.17) is 16.3 Å². The Morgan fingerprint density at radius 2 is 2.16 bits per heavy atom. The maximum Gasteiger partial charge on any atom is 0.212 e. The second-order valence-corrected chi connectivity index (χ2v) is 6.43. The molecule has 1 unspecified atom stereocenters. The summed E-state index contributed by atoms with van der Waals surface area (Å²) >= 11 is 10.1. The average molecular weight is 364 g/mol.